The minimum absolute atomic E-state index is 0.248. The molecule has 0 bridgehead atoms. The first-order valence-corrected chi connectivity index (χ1v) is 18.3. The van der Waals surface area contributed by atoms with E-state index in [0.717, 1.165) is 29.6 Å². The molecule has 0 saturated carbocycles. The van der Waals surface area contributed by atoms with Crippen LogP contribution < -0.4 is 5.46 Å². The van der Waals surface area contributed by atoms with Gasteiger partial charge in [-0.3, -0.25) is 4.98 Å². The van der Waals surface area contributed by atoms with Crippen molar-refractivity contribution in [2.75, 3.05) is 0 Å². The SMILES string of the molecule is CCCCCCc1cc(CCCCCC)cc(C2(C)c3ccccc3-c3ccc(-c4ccc(B5OC(C)(C)C(C)(C)O5)cn4)cc32)c1. The number of aromatic nitrogens is 1. The lowest BCUT2D eigenvalue weighted by Gasteiger charge is -2.32. The van der Waals surface area contributed by atoms with Crippen molar-refractivity contribution in [2.45, 2.75) is 129 Å². The maximum Gasteiger partial charge on any atom is 0.496 e. The summed E-state index contributed by atoms with van der Waals surface area (Å²) >= 11 is 0. The van der Waals surface area contributed by atoms with E-state index >= 15 is 0 Å². The van der Waals surface area contributed by atoms with E-state index in [1.165, 1.54) is 90.3 Å². The summed E-state index contributed by atoms with van der Waals surface area (Å²) in [7, 11) is -0.412. The van der Waals surface area contributed by atoms with Crippen LogP contribution in [-0.2, 0) is 27.6 Å². The van der Waals surface area contributed by atoms with Gasteiger partial charge in [0.15, 0.2) is 0 Å². The van der Waals surface area contributed by atoms with Gasteiger partial charge in [0.25, 0.3) is 0 Å². The predicted octanol–water partition coefficient (Wildman–Crippen LogP) is 10.6. The summed E-state index contributed by atoms with van der Waals surface area (Å²) in [4.78, 5) is 4.95. The Morgan fingerprint density at radius 2 is 1.23 bits per heavy atom. The molecule has 0 N–H and O–H groups in total. The topological polar surface area (TPSA) is 31.4 Å². The van der Waals surface area contributed by atoms with E-state index in [2.05, 4.69) is 121 Å². The number of rotatable bonds is 13. The van der Waals surface area contributed by atoms with Gasteiger partial charge in [-0.25, -0.2) is 0 Å². The van der Waals surface area contributed by atoms with Crippen molar-refractivity contribution >= 4 is 12.6 Å². The molecule has 3 aromatic carbocycles. The Labute approximate surface area is 284 Å². The highest BCUT2D eigenvalue weighted by molar-refractivity contribution is 6.62. The van der Waals surface area contributed by atoms with E-state index in [1.807, 2.05) is 6.20 Å². The molecule has 1 aliphatic heterocycles. The highest BCUT2D eigenvalue weighted by atomic mass is 16.7. The van der Waals surface area contributed by atoms with E-state index in [9.17, 15) is 0 Å². The van der Waals surface area contributed by atoms with Gasteiger partial charge in [0, 0.05) is 22.6 Å². The number of benzene rings is 3. The molecular formula is C43H54BNO2. The van der Waals surface area contributed by atoms with Crippen LogP contribution in [0.4, 0.5) is 0 Å². The van der Waals surface area contributed by atoms with Gasteiger partial charge in [-0.05, 0) is 111 Å². The standard InChI is InChI=1S/C43H54BNO2/c1-8-10-12-14-18-31-26-32(19-15-13-11-9-2)28-34(27-31)43(7)38-21-17-16-20-36(38)37-24-22-33(29-39(37)43)40-25-23-35(30-45-40)44-46-41(3,4)42(5,6)47-44/h16-17,20-30H,8-15,18-19H2,1-7H3. The summed E-state index contributed by atoms with van der Waals surface area (Å²) in [5.41, 5.74) is 11.9. The fourth-order valence-electron chi connectivity index (χ4n) is 7.51. The third-order valence-corrected chi connectivity index (χ3v) is 11.2. The Kier molecular flexibility index (Phi) is 9.84. The van der Waals surface area contributed by atoms with Crippen molar-refractivity contribution in [3.63, 3.8) is 0 Å². The summed E-state index contributed by atoms with van der Waals surface area (Å²) < 4.78 is 12.6. The predicted molar refractivity (Wildman–Crippen MR) is 199 cm³/mol. The highest BCUT2D eigenvalue weighted by Gasteiger charge is 2.51. The first kappa shape index (κ1) is 33.7. The van der Waals surface area contributed by atoms with Crippen LogP contribution >= 0.6 is 0 Å². The van der Waals surface area contributed by atoms with Crippen molar-refractivity contribution in [3.05, 3.63) is 107 Å². The smallest absolute Gasteiger partial charge is 0.399 e. The van der Waals surface area contributed by atoms with Crippen molar-refractivity contribution < 1.29 is 9.31 Å². The normalized spacial score (nSPS) is 19.2. The number of hydrogen-bond acceptors (Lipinski definition) is 3. The van der Waals surface area contributed by atoms with E-state index in [-0.39, 0.29) is 16.6 Å². The average molecular weight is 628 g/mol. The molecule has 1 aliphatic carbocycles. The number of unbranched alkanes of at least 4 members (excludes halogenated alkanes) is 6. The summed E-state index contributed by atoms with van der Waals surface area (Å²) in [5, 5.41) is 0. The molecule has 1 atom stereocenters. The van der Waals surface area contributed by atoms with Crippen molar-refractivity contribution in [3.8, 4) is 22.4 Å². The van der Waals surface area contributed by atoms with Crippen LogP contribution in [0.25, 0.3) is 22.4 Å². The zero-order valence-corrected chi connectivity index (χ0v) is 29.9. The molecule has 0 spiro atoms. The Balaban J connectivity index is 1.37. The number of nitrogens with zero attached hydrogens (tertiary/aromatic N) is 1. The molecule has 1 aromatic heterocycles. The van der Waals surface area contributed by atoms with Crippen LogP contribution in [0.15, 0.2) is 79.0 Å². The molecule has 2 heterocycles. The molecule has 4 aromatic rings. The summed E-state index contributed by atoms with van der Waals surface area (Å²) in [6.07, 6.45) is 14.5. The first-order chi connectivity index (χ1) is 22.6. The summed E-state index contributed by atoms with van der Waals surface area (Å²) in [6.45, 7) is 15.4. The Morgan fingerprint density at radius 1 is 0.617 bits per heavy atom. The first-order valence-electron chi connectivity index (χ1n) is 18.3. The maximum absolute atomic E-state index is 6.30. The average Bonchev–Trinajstić information content (AvgIpc) is 3.46. The second-order valence-electron chi connectivity index (χ2n) is 15.2. The van der Waals surface area contributed by atoms with Gasteiger partial charge in [-0.1, -0.05) is 113 Å². The third kappa shape index (κ3) is 6.61. The number of pyridine rings is 1. The zero-order chi connectivity index (χ0) is 33.2. The summed E-state index contributed by atoms with van der Waals surface area (Å²) in [6, 6.07) is 27.8. The Hall–Kier alpha value is -3.21. The number of fused-ring (bicyclic) bond motifs is 3. The molecule has 1 unspecified atom stereocenters. The van der Waals surface area contributed by atoms with Crippen LogP contribution in [0.5, 0.6) is 0 Å². The lowest BCUT2D eigenvalue weighted by molar-refractivity contribution is 0.00578. The quantitative estimate of drug-likeness (QED) is 0.109. The van der Waals surface area contributed by atoms with Gasteiger partial charge < -0.3 is 9.31 Å². The molecule has 0 amide bonds. The van der Waals surface area contributed by atoms with Crippen molar-refractivity contribution in [1.29, 1.82) is 0 Å². The van der Waals surface area contributed by atoms with Gasteiger partial charge >= 0.3 is 7.12 Å². The monoisotopic (exact) mass is 627 g/mol. The molecular weight excluding hydrogens is 573 g/mol. The Bertz CT molecular complexity index is 1640. The Morgan fingerprint density at radius 3 is 1.83 bits per heavy atom. The second kappa shape index (κ2) is 13.7. The zero-order valence-electron chi connectivity index (χ0n) is 29.9. The lowest BCUT2D eigenvalue weighted by atomic mass is 9.72. The largest absolute Gasteiger partial charge is 0.496 e. The number of aryl methyl sites for hydroxylation is 2. The minimum Gasteiger partial charge on any atom is -0.399 e. The van der Waals surface area contributed by atoms with Crippen LogP contribution in [-0.4, -0.2) is 23.3 Å². The van der Waals surface area contributed by atoms with E-state index in [0.29, 0.717) is 0 Å². The maximum atomic E-state index is 6.30. The summed E-state index contributed by atoms with van der Waals surface area (Å²) in [5.74, 6) is 0. The fraction of sp³-hybridized carbons (Fsp3) is 0.465. The lowest BCUT2D eigenvalue weighted by Crippen LogP contribution is -2.41. The van der Waals surface area contributed by atoms with E-state index in [4.69, 9.17) is 14.3 Å². The molecule has 6 rings (SSSR count). The van der Waals surface area contributed by atoms with E-state index < -0.39 is 7.12 Å². The second-order valence-corrected chi connectivity index (χ2v) is 15.2. The number of hydrogen-bond donors (Lipinski definition) is 0. The molecule has 47 heavy (non-hydrogen) atoms. The van der Waals surface area contributed by atoms with Crippen LogP contribution in [0.2, 0.25) is 0 Å². The van der Waals surface area contributed by atoms with Crippen molar-refractivity contribution in [1.82, 2.24) is 4.98 Å². The van der Waals surface area contributed by atoms with Gasteiger partial charge in [0.2, 0.25) is 0 Å². The molecule has 3 nitrogen and oxygen atoms in total. The fourth-order valence-corrected chi connectivity index (χ4v) is 7.51. The third-order valence-electron chi connectivity index (χ3n) is 11.2. The molecule has 246 valence electrons. The molecule has 1 fully saturated rings. The van der Waals surface area contributed by atoms with Gasteiger partial charge in [-0.2, -0.15) is 0 Å². The molecule has 2 aliphatic rings. The van der Waals surface area contributed by atoms with E-state index in [1.54, 1.807) is 0 Å². The van der Waals surface area contributed by atoms with Gasteiger partial charge in [0.1, 0.15) is 0 Å². The van der Waals surface area contributed by atoms with Gasteiger partial charge in [0.05, 0.1) is 16.9 Å². The molecule has 4 heteroatoms. The van der Waals surface area contributed by atoms with Gasteiger partial charge in [-0.15, -0.1) is 0 Å². The molecule has 1 saturated heterocycles. The van der Waals surface area contributed by atoms with Crippen molar-refractivity contribution in [2.24, 2.45) is 0 Å². The molecule has 0 radical (unpaired) electrons. The van der Waals surface area contributed by atoms with Crippen LogP contribution in [0, 0.1) is 0 Å². The highest BCUT2D eigenvalue weighted by Crippen LogP contribution is 2.53. The van der Waals surface area contributed by atoms with Crippen LogP contribution in [0.1, 0.15) is 128 Å². The van der Waals surface area contributed by atoms with Crippen LogP contribution in [0.3, 0.4) is 0 Å². The minimum atomic E-state index is -0.412.